The Balaban J connectivity index is 1.80. The van der Waals surface area contributed by atoms with Gasteiger partial charge in [-0.1, -0.05) is 18.2 Å². The molecule has 2 aromatic rings. The number of amides is 1. The van der Waals surface area contributed by atoms with E-state index >= 15 is 0 Å². The van der Waals surface area contributed by atoms with E-state index in [-0.39, 0.29) is 11.9 Å². The van der Waals surface area contributed by atoms with Gasteiger partial charge in [0.05, 0.1) is 26.9 Å². The maximum Gasteiger partial charge on any atom is 0.251 e. The fraction of sp³-hybridized carbons (Fsp3) is 0.278. The van der Waals surface area contributed by atoms with Crippen LogP contribution in [0.3, 0.4) is 0 Å². The van der Waals surface area contributed by atoms with Gasteiger partial charge in [-0.15, -0.1) is 0 Å². The number of hydrogen-bond acceptors (Lipinski definition) is 4. The molecule has 3 rings (SSSR count). The van der Waals surface area contributed by atoms with Crippen LogP contribution in [0.25, 0.3) is 0 Å². The quantitative estimate of drug-likeness (QED) is 0.943. The zero-order valence-corrected chi connectivity index (χ0v) is 13.2. The molecule has 1 N–H and O–H groups in total. The van der Waals surface area contributed by atoms with Crippen molar-refractivity contribution in [2.24, 2.45) is 0 Å². The van der Waals surface area contributed by atoms with Gasteiger partial charge in [0.2, 0.25) is 0 Å². The molecule has 1 unspecified atom stereocenters. The summed E-state index contributed by atoms with van der Waals surface area (Å²) in [4.78, 5) is 12.5. The van der Waals surface area contributed by atoms with E-state index in [1.807, 2.05) is 24.3 Å². The molecule has 0 aliphatic carbocycles. The van der Waals surface area contributed by atoms with Crippen LogP contribution in [0.4, 0.5) is 0 Å². The topological polar surface area (TPSA) is 56.8 Å². The molecule has 5 nitrogen and oxygen atoms in total. The number of nitrogens with one attached hydrogen (secondary N) is 1. The van der Waals surface area contributed by atoms with Gasteiger partial charge in [-0.05, 0) is 24.3 Å². The van der Waals surface area contributed by atoms with Gasteiger partial charge in [0.1, 0.15) is 5.75 Å². The first-order valence-corrected chi connectivity index (χ1v) is 7.47. The summed E-state index contributed by atoms with van der Waals surface area (Å²) in [6.45, 7) is 0.591. The number of rotatable bonds is 4. The van der Waals surface area contributed by atoms with Gasteiger partial charge in [-0.2, -0.15) is 0 Å². The number of carbonyl (C=O) groups excluding carboxylic acids is 1. The lowest BCUT2D eigenvalue weighted by atomic mass is 10.00. The fourth-order valence-corrected chi connectivity index (χ4v) is 2.71. The maximum atomic E-state index is 12.5. The normalized spacial score (nSPS) is 16.0. The van der Waals surface area contributed by atoms with Crippen molar-refractivity contribution in [1.29, 1.82) is 0 Å². The summed E-state index contributed by atoms with van der Waals surface area (Å²) in [6.07, 6.45) is 0.746. The molecule has 1 heterocycles. The van der Waals surface area contributed by atoms with Crippen LogP contribution in [0, 0.1) is 0 Å². The highest BCUT2D eigenvalue weighted by atomic mass is 16.5. The van der Waals surface area contributed by atoms with E-state index in [2.05, 4.69) is 5.32 Å². The average Bonchev–Trinajstić information content (AvgIpc) is 2.61. The van der Waals surface area contributed by atoms with Crippen LogP contribution < -0.4 is 19.5 Å². The predicted molar refractivity (Wildman–Crippen MR) is 86.3 cm³/mol. The highest BCUT2D eigenvalue weighted by Gasteiger charge is 2.23. The zero-order chi connectivity index (χ0) is 16.2. The van der Waals surface area contributed by atoms with Gasteiger partial charge in [0.15, 0.2) is 11.5 Å². The first-order valence-electron chi connectivity index (χ1n) is 7.47. The first kappa shape index (κ1) is 15.2. The highest BCUT2D eigenvalue weighted by molar-refractivity contribution is 5.95. The second kappa shape index (κ2) is 6.60. The molecule has 5 heteroatoms. The molecule has 1 aliphatic heterocycles. The van der Waals surface area contributed by atoms with Crippen LogP contribution in [0.5, 0.6) is 17.2 Å². The van der Waals surface area contributed by atoms with Crippen LogP contribution in [-0.4, -0.2) is 26.7 Å². The van der Waals surface area contributed by atoms with E-state index in [1.165, 1.54) is 0 Å². The van der Waals surface area contributed by atoms with Crippen LogP contribution in [0.1, 0.15) is 28.4 Å². The number of ether oxygens (including phenoxy) is 3. The Morgan fingerprint density at radius 3 is 2.70 bits per heavy atom. The number of hydrogen-bond donors (Lipinski definition) is 1. The summed E-state index contributed by atoms with van der Waals surface area (Å²) in [7, 11) is 3.12. The van der Waals surface area contributed by atoms with Crippen molar-refractivity contribution in [2.45, 2.75) is 12.5 Å². The number of para-hydroxylation sites is 1. The minimum atomic E-state index is -0.146. The van der Waals surface area contributed by atoms with Crippen LogP contribution in [0.2, 0.25) is 0 Å². The third-order valence-electron chi connectivity index (χ3n) is 3.91. The lowest BCUT2D eigenvalue weighted by Crippen LogP contribution is -2.32. The van der Waals surface area contributed by atoms with Crippen LogP contribution >= 0.6 is 0 Å². The number of carbonyl (C=O) groups is 1. The van der Waals surface area contributed by atoms with Crippen molar-refractivity contribution in [3.63, 3.8) is 0 Å². The second-order valence-corrected chi connectivity index (χ2v) is 5.27. The van der Waals surface area contributed by atoms with Gasteiger partial charge >= 0.3 is 0 Å². The molecule has 23 heavy (non-hydrogen) atoms. The van der Waals surface area contributed by atoms with E-state index in [0.717, 1.165) is 17.7 Å². The van der Waals surface area contributed by atoms with Crippen molar-refractivity contribution < 1.29 is 19.0 Å². The molecular weight excluding hydrogens is 294 g/mol. The standard InChI is InChI=1S/C18H19NO4/c1-21-16-8-7-12(11-17(16)22-2)18(20)19-14-9-10-23-15-6-4-3-5-13(14)15/h3-8,11,14H,9-10H2,1-2H3,(H,19,20). The largest absolute Gasteiger partial charge is 0.493 e. The smallest absolute Gasteiger partial charge is 0.251 e. The second-order valence-electron chi connectivity index (χ2n) is 5.27. The molecule has 0 radical (unpaired) electrons. The van der Waals surface area contributed by atoms with E-state index in [9.17, 15) is 4.79 Å². The summed E-state index contributed by atoms with van der Waals surface area (Å²) >= 11 is 0. The van der Waals surface area contributed by atoms with E-state index < -0.39 is 0 Å². The molecule has 0 bridgehead atoms. The molecule has 1 aliphatic rings. The Labute approximate surface area is 135 Å². The van der Waals surface area contributed by atoms with Crippen LogP contribution in [0.15, 0.2) is 42.5 Å². The van der Waals surface area contributed by atoms with E-state index in [1.54, 1.807) is 32.4 Å². The van der Waals surface area contributed by atoms with Crippen molar-refractivity contribution >= 4 is 5.91 Å². The van der Waals surface area contributed by atoms with Crippen molar-refractivity contribution in [1.82, 2.24) is 5.32 Å². The molecule has 0 saturated carbocycles. The predicted octanol–water partition coefficient (Wildman–Crippen LogP) is 2.96. The minimum absolute atomic E-state index is 0.0550. The summed E-state index contributed by atoms with van der Waals surface area (Å²) < 4.78 is 16.1. The van der Waals surface area contributed by atoms with Gasteiger partial charge < -0.3 is 19.5 Å². The van der Waals surface area contributed by atoms with E-state index in [0.29, 0.717) is 23.7 Å². The first-order chi connectivity index (χ1) is 11.2. The number of benzene rings is 2. The third kappa shape index (κ3) is 3.08. The molecule has 0 spiro atoms. The third-order valence-corrected chi connectivity index (χ3v) is 3.91. The molecule has 2 aromatic carbocycles. The zero-order valence-electron chi connectivity index (χ0n) is 13.2. The Hall–Kier alpha value is -2.69. The molecule has 1 amide bonds. The molecule has 0 fully saturated rings. The molecule has 0 saturated heterocycles. The fourth-order valence-electron chi connectivity index (χ4n) is 2.71. The minimum Gasteiger partial charge on any atom is -0.493 e. The van der Waals surface area contributed by atoms with Crippen molar-refractivity contribution in [3.05, 3.63) is 53.6 Å². The molecule has 1 atom stereocenters. The molecule has 0 aromatic heterocycles. The SMILES string of the molecule is COc1ccc(C(=O)NC2CCOc3ccccc32)cc1OC. The Morgan fingerprint density at radius 1 is 1.13 bits per heavy atom. The monoisotopic (exact) mass is 313 g/mol. The Morgan fingerprint density at radius 2 is 1.91 bits per heavy atom. The van der Waals surface area contributed by atoms with Gasteiger partial charge in [0.25, 0.3) is 5.91 Å². The van der Waals surface area contributed by atoms with Gasteiger partial charge in [-0.3, -0.25) is 4.79 Å². The van der Waals surface area contributed by atoms with Crippen molar-refractivity contribution in [3.8, 4) is 17.2 Å². The lowest BCUT2D eigenvalue weighted by Gasteiger charge is -2.26. The highest BCUT2D eigenvalue weighted by Crippen LogP contribution is 2.32. The Bertz CT molecular complexity index is 714. The summed E-state index contributed by atoms with van der Waals surface area (Å²) in [5, 5.41) is 3.06. The molecular formula is C18H19NO4. The van der Waals surface area contributed by atoms with Gasteiger partial charge in [-0.25, -0.2) is 0 Å². The van der Waals surface area contributed by atoms with Gasteiger partial charge in [0, 0.05) is 17.5 Å². The maximum absolute atomic E-state index is 12.5. The van der Waals surface area contributed by atoms with E-state index in [4.69, 9.17) is 14.2 Å². The molecule has 120 valence electrons. The average molecular weight is 313 g/mol. The summed E-state index contributed by atoms with van der Waals surface area (Å²) in [6, 6.07) is 12.9. The number of fused-ring (bicyclic) bond motifs is 1. The summed E-state index contributed by atoms with van der Waals surface area (Å²) in [5.41, 5.74) is 1.54. The summed E-state index contributed by atoms with van der Waals surface area (Å²) in [5.74, 6) is 1.82. The van der Waals surface area contributed by atoms with Crippen molar-refractivity contribution in [2.75, 3.05) is 20.8 Å². The Kier molecular flexibility index (Phi) is 4.37. The lowest BCUT2D eigenvalue weighted by molar-refractivity contribution is 0.0924. The van der Waals surface area contributed by atoms with Crippen LogP contribution in [-0.2, 0) is 0 Å². The number of methoxy groups -OCH3 is 2.